The van der Waals surface area contributed by atoms with Gasteiger partial charge >= 0.3 is 0 Å². The Morgan fingerprint density at radius 3 is 2.53 bits per heavy atom. The van der Waals surface area contributed by atoms with E-state index in [2.05, 4.69) is 15.9 Å². The van der Waals surface area contributed by atoms with Crippen LogP contribution in [0.5, 0.6) is 0 Å². The first-order valence-electron chi connectivity index (χ1n) is 4.96. The number of nitrogens with zero attached hydrogens (tertiary/aromatic N) is 1. The molecule has 2 nitrogen and oxygen atoms in total. The van der Waals surface area contributed by atoms with Gasteiger partial charge in [-0.25, -0.2) is 0 Å². The van der Waals surface area contributed by atoms with Gasteiger partial charge in [-0.05, 0) is 38.5 Å². The smallest absolute Gasteiger partial charge is 0.254 e. The third kappa shape index (κ3) is 2.81. The summed E-state index contributed by atoms with van der Waals surface area (Å²) in [6, 6.07) is 5.99. The van der Waals surface area contributed by atoms with Gasteiger partial charge in [0, 0.05) is 23.1 Å². The molecule has 0 aliphatic rings. The van der Waals surface area contributed by atoms with Crippen LogP contribution >= 0.6 is 15.9 Å². The Hall–Kier alpha value is -0.830. The van der Waals surface area contributed by atoms with Gasteiger partial charge in [-0.15, -0.1) is 0 Å². The summed E-state index contributed by atoms with van der Waals surface area (Å²) in [6.07, 6.45) is 0. The fourth-order valence-corrected chi connectivity index (χ4v) is 1.61. The SMILES string of the molecule is Cc1ccc(Br)cc1C(=O)N(C)C(C)C. The van der Waals surface area contributed by atoms with Crippen molar-refractivity contribution in [1.29, 1.82) is 0 Å². The molecule has 0 aliphatic carbocycles. The molecule has 0 heterocycles. The Labute approximate surface area is 99.4 Å². The van der Waals surface area contributed by atoms with E-state index in [0.29, 0.717) is 0 Å². The summed E-state index contributed by atoms with van der Waals surface area (Å²) in [7, 11) is 1.83. The molecular weight excluding hydrogens is 254 g/mol. The normalized spacial score (nSPS) is 10.5. The first kappa shape index (κ1) is 12.2. The zero-order chi connectivity index (χ0) is 11.6. The zero-order valence-corrected chi connectivity index (χ0v) is 11.1. The van der Waals surface area contributed by atoms with E-state index in [1.807, 2.05) is 46.0 Å². The van der Waals surface area contributed by atoms with Gasteiger partial charge in [-0.2, -0.15) is 0 Å². The molecule has 1 rings (SSSR count). The van der Waals surface area contributed by atoms with E-state index >= 15 is 0 Å². The molecule has 0 bridgehead atoms. The lowest BCUT2D eigenvalue weighted by atomic mass is 10.1. The maximum atomic E-state index is 12.1. The van der Waals surface area contributed by atoms with Crippen molar-refractivity contribution in [3.05, 3.63) is 33.8 Å². The Balaban J connectivity index is 3.05. The third-order valence-corrected chi connectivity index (χ3v) is 3.02. The van der Waals surface area contributed by atoms with Crippen molar-refractivity contribution in [2.45, 2.75) is 26.8 Å². The van der Waals surface area contributed by atoms with Crippen LogP contribution in [-0.2, 0) is 0 Å². The monoisotopic (exact) mass is 269 g/mol. The van der Waals surface area contributed by atoms with Crippen molar-refractivity contribution in [2.24, 2.45) is 0 Å². The van der Waals surface area contributed by atoms with Gasteiger partial charge in [-0.3, -0.25) is 4.79 Å². The molecule has 0 aliphatic heterocycles. The van der Waals surface area contributed by atoms with Gasteiger partial charge < -0.3 is 4.90 Å². The van der Waals surface area contributed by atoms with Crippen LogP contribution in [0.3, 0.4) is 0 Å². The molecule has 1 aromatic carbocycles. The van der Waals surface area contributed by atoms with Gasteiger partial charge in [0.05, 0.1) is 0 Å². The number of hydrogen-bond donors (Lipinski definition) is 0. The standard InChI is InChI=1S/C12H16BrNO/c1-8(2)14(4)12(15)11-7-10(13)6-5-9(11)3/h5-8H,1-4H3. The molecule has 0 saturated carbocycles. The molecule has 82 valence electrons. The van der Waals surface area contributed by atoms with E-state index in [1.165, 1.54) is 0 Å². The fraction of sp³-hybridized carbons (Fsp3) is 0.417. The number of hydrogen-bond acceptors (Lipinski definition) is 1. The van der Waals surface area contributed by atoms with Crippen LogP contribution in [0.25, 0.3) is 0 Å². The maximum absolute atomic E-state index is 12.1. The summed E-state index contributed by atoms with van der Waals surface area (Å²) in [4.78, 5) is 13.8. The molecule has 0 radical (unpaired) electrons. The Kier molecular flexibility index (Phi) is 3.91. The van der Waals surface area contributed by atoms with Crippen LogP contribution in [-0.4, -0.2) is 23.9 Å². The van der Waals surface area contributed by atoms with E-state index in [1.54, 1.807) is 4.90 Å². The van der Waals surface area contributed by atoms with Gasteiger partial charge in [0.25, 0.3) is 5.91 Å². The van der Waals surface area contributed by atoms with Crippen molar-refractivity contribution in [3.63, 3.8) is 0 Å². The highest BCUT2D eigenvalue weighted by molar-refractivity contribution is 9.10. The van der Waals surface area contributed by atoms with Crippen molar-refractivity contribution in [3.8, 4) is 0 Å². The number of aryl methyl sites for hydroxylation is 1. The van der Waals surface area contributed by atoms with Gasteiger partial charge in [0.15, 0.2) is 0 Å². The van der Waals surface area contributed by atoms with E-state index in [0.717, 1.165) is 15.6 Å². The second kappa shape index (κ2) is 4.79. The van der Waals surface area contributed by atoms with E-state index in [9.17, 15) is 4.79 Å². The van der Waals surface area contributed by atoms with Gasteiger partial charge in [0.2, 0.25) is 0 Å². The largest absolute Gasteiger partial charge is 0.339 e. The van der Waals surface area contributed by atoms with E-state index in [-0.39, 0.29) is 11.9 Å². The highest BCUT2D eigenvalue weighted by Gasteiger charge is 2.16. The molecular formula is C12H16BrNO. The summed E-state index contributed by atoms with van der Waals surface area (Å²) >= 11 is 3.38. The molecule has 0 atom stereocenters. The second-order valence-corrected chi connectivity index (χ2v) is 4.88. The van der Waals surface area contributed by atoms with Crippen LogP contribution in [0.4, 0.5) is 0 Å². The molecule has 0 saturated heterocycles. The summed E-state index contributed by atoms with van der Waals surface area (Å²) in [5.74, 6) is 0.0730. The zero-order valence-electron chi connectivity index (χ0n) is 9.54. The first-order valence-corrected chi connectivity index (χ1v) is 5.76. The number of halogens is 1. The molecule has 0 N–H and O–H groups in total. The minimum Gasteiger partial charge on any atom is -0.339 e. The minimum atomic E-state index is 0.0730. The number of carbonyl (C=O) groups excluding carboxylic acids is 1. The summed E-state index contributed by atoms with van der Waals surface area (Å²) in [5, 5.41) is 0. The average Bonchev–Trinajstić information content (AvgIpc) is 2.19. The lowest BCUT2D eigenvalue weighted by Crippen LogP contribution is -2.33. The third-order valence-electron chi connectivity index (χ3n) is 2.52. The quantitative estimate of drug-likeness (QED) is 0.807. The van der Waals surface area contributed by atoms with Crippen LogP contribution in [0.2, 0.25) is 0 Å². The van der Waals surface area contributed by atoms with Gasteiger partial charge in [0.1, 0.15) is 0 Å². The lowest BCUT2D eigenvalue weighted by molar-refractivity contribution is 0.0754. The summed E-state index contributed by atoms with van der Waals surface area (Å²) in [5.41, 5.74) is 1.77. The highest BCUT2D eigenvalue weighted by Crippen LogP contribution is 2.18. The highest BCUT2D eigenvalue weighted by atomic mass is 79.9. The Bertz CT molecular complexity index is 374. The summed E-state index contributed by atoms with van der Waals surface area (Å²) < 4.78 is 0.939. The van der Waals surface area contributed by atoms with Crippen LogP contribution < -0.4 is 0 Å². The summed E-state index contributed by atoms with van der Waals surface area (Å²) in [6.45, 7) is 5.96. The van der Waals surface area contributed by atoms with Crippen LogP contribution in [0, 0.1) is 6.92 Å². The van der Waals surface area contributed by atoms with E-state index < -0.39 is 0 Å². The van der Waals surface area contributed by atoms with Crippen molar-refractivity contribution >= 4 is 21.8 Å². The van der Waals surface area contributed by atoms with Crippen molar-refractivity contribution in [2.75, 3.05) is 7.05 Å². The molecule has 1 amide bonds. The molecule has 15 heavy (non-hydrogen) atoms. The number of benzene rings is 1. The average molecular weight is 270 g/mol. The Morgan fingerprint density at radius 1 is 1.40 bits per heavy atom. The van der Waals surface area contributed by atoms with Crippen LogP contribution in [0.1, 0.15) is 29.8 Å². The van der Waals surface area contributed by atoms with E-state index in [4.69, 9.17) is 0 Å². The number of rotatable bonds is 2. The number of amides is 1. The molecule has 0 fully saturated rings. The van der Waals surface area contributed by atoms with Crippen molar-refractivity contribution in [1.82, 2.24) is 4.90 Å². The molecule has 0 spiro atoms. The Morgan fingerprint density at radius 2 is 2.00 bits per heavy atom. The maximum Gasteiger partial charge on any atom is 0.254 e. The second-order valence-electron chi connectivity index (χ2n) is 3.97. The minimum absolute atomic E-state index is 0.0730. The fourth-order valence-electron chi connectivity index (χ4n) is 1.25. The topological polar surface area (TPSA) is 20.3 Å². The molecule has 0 aromatic heterocycles. The van der Waals surface area contributed by atoms with Crippen LogP contribution in [0.15, 0.2) is 22.7 Å². The molecule has 0 unspecified atom stereocenters. The predicted octanol–water partition coefficient (Wildman–Crippen LogP) is 3.24. The first-order chi connectivity index (χ1) is 6.93. The van der Waals surface area contributed by atoms with Crippen molar-refractivity contribution < 1.29 is 4.79 Å². The lowest BCUT2D eigenvalue weighted by Gasteiger charge is -2.22. The molecule has 3 heteroatoms. The molecule has 1 aromatic rings. The number of carbonyl (C=O) groups is 1. The van der Waals surface area contributed by atoms with Gasteiger partial charge in [-0.1, -0.05) is 22.0 Å². The predicted molar refractivity (Wildman–Crippen MR) is 66.1 cm³/mol.